The van der Waals surface area contributed by atoms with Crippen LogP contribution in [0.15, 0.2) is 78.9 Å². The molecule has 1 aromatic heterocycles. The molecule has 1 amide bonds. The number of ether oxygens (including phenoxy) is 1. The second kappa shape index (κ2) is 9.88. The molecule has 4 aromatic rings. The summed E-state index contributed by atoms with van der Waals surface area (Å²) in [4.78, 5) is 17.1. The lowest BCUT2D eigenvalue weighted by atomic mass is 10.1. The van der Waals surface area contributed by atoms with Crippen LogP contribution in [-0.2, 0) is 4.79 Å². The molecule has 0 aliphatic heterocycles. The largest absolute Gasteiger partial charge is 0.460 e. The van der Waals surface area contributed by atoms with Crippen molar-refractivity contribution in [1.29, 1.82) is 0 Å². The quantitative estimate of drug-likeness (QED) is 0.346. The van der Waals surface area contributed by atoms with E-state index >= 15 is 0 Å². The fraction of sp³-hybridized carbons (Fsp3) is 0.192. The van der Waals surface area contributed by atoms with E-state index in [1.807, 2.05) is 99.6 Å². The third-order valence-electron chi connectivity index (χ3n) is 4.94. The van der Waals surface area contributed by atoms with Gasteiger partial charge in [-0.3, -0.25) is 4.79 Å². The van der Waals surface area contributed by atoms with Gasteiger partial charge in [0.1, 0.15) is 5.38 Å². The summed E-state index contributed by atoms with van der Waals surface area (Å²) in [6.07, 6.45) is -0.0441. The van der Waals surface area contributed by atoms with Crippen LogP contribution >= 0.6 is 11.6 Å². The SMILES string of the molecule is Cc1ccc(-c2nc(OC(C)C)nn2-c2ccc(NC(=O)[C@@H](Cl)c3ccccc3)cc2)cc1. The first kappa shape index (κ1) is 22.6. The third kappa shape index (κ3) is 5.41. The van der Waals surface area contributed by atoms with E-state index in [9.17, 15) is 4.79 Å². The highest BCUT2D eigenvalue weighted by Crippen LogP contribution is 2.26. The summed E-state index contributed by atoms with van der Waals surface area (Å²) in [5.41, 5.74) is 4.27. The Bertz CT molecular complexity index is 1220. The van der Waals surface area contributed by atoms with Gasteiger partial charge in [-0.05, 0) is 50.6 Å². The minimum Gasteiger partial charge on any atom is -0.460 e. The molecule has 1 heterocycles. The smallest absolute Gasteiger partial charge is 0.336 e. The maximum atomic E-state index is 12.6. The van der Waals surface area contributed by atoms with Crippen LogP contribution < -0.4 is 10.1 Å². The number of carbonyl (C=O) groups excluding carboxylic acids is 1. The first-order valence-corrected chi connectivity index (χ1v) is 11.2. The maximum absolute atomic E-state index is 12.6. The van der Waals surface area contributed by atoms with Gasteiger partial charge in [0.05, 0.1) is 11.8 Å². The van der Waals surface area contributed by atoms with Gasteiger partial charge in [-0.2, -0.15) is 4.98 Å². The van der Waals surface area contributed by atoms with Crippen molar-refractivity contribution >= 4 is 23.2 Å². The molecule has 0 saturated heterocycles. The summed E-state index contributed by atoms with van der Waals surface area (Å²) >= 11 is 6.33. The molecular weight excluding hydrogens is 436 g/mol. The van der Waals surface area contributed by atoms with Gasteiger partial charge in [0.2, 0.25) is 5.91 Å². The molecule has 1 atom stereocenters. The average Bonchev–Trinajstić information content (AvgIpc) is 3.23. The molecule has 6 nitrogen and oxygen atoms in total. The van der Waals surface area contributed by atoms with Crippen molar-refractivity contribution in [1.82, 2.24) is 14.8 Å². The van der Waals surface area contributed by atoms with Crippen LogP contribution in [0, 0.1) is 6.92 Å². The lowest BCUT2D eigenvalue weighted by molar-refractivity contribution is -0.116. The number of alkyl halides is 1. The number of aromatic nitrogens is 3. The van der Waals surface area contributed by atoms with Crippen molar-refractivity contribution in [3.8, 4) is 23.1 Å². The zero-order valence-electron chi connectivity index (χ0n) is 18.7. The predicted molar refractivity (Wildman–Crippen MR) is 131 cm³/mol. The van der Waals surface area contributed by atoms with Crippen LogP contribution in [0.5, 0.6) is 6.01 Å². The summed E-state index contributed by atoms with van der Waals surface area (Å²) in [6.45, 7) is 5.91. The van der Waals surface area contributed by atoms with Gasteiger partial charge in [-0.15, -0.1) is 16.7 Å². The minimum atomic E-state index is -0.773. The van der Waals surface area contributed by atoms with Gasteiger partial charge in [-0.25, -0.2) is 4.68 Å². The Balaban J connectivity index is 1.58. The molecule has 3 aromatic carbocycles. The highest BCUT2D eigenvalue weighted by atomic mass is 35.5. The van der Waals surface area contributed by atoms with Crippen LogP contribution in [0.3, 0.4) is 0 Å². The van der Waals surface area contributed by atoms with Crippen LogP contribution in [0.1, 0.15) is 30.4 Å². The number of halogens is 1. The molecule has 1 N–H and O–H groups in total. The number of rotatable bonds is 7. The Hall–Kier alpha value is -3.64. The summed E-state index contributed by atoms with van der Waals surface area (Å²) in [5, 5.41) is 6.64. The molecule has 168 valence electrons. The van der Waals surface area contributed by atoms with Crippen molar-refractivity contribution in [3.05, 3.63) is 90.0 Å². The van der Waals surface area contributed by atoms with Crippen molar-refractivity contribution in [2.75, 3.05) is 5.32 Å². The Labute approximate surface area is 198 Å². The first-order chi connectivity index (χ1) is 15.9. The standard InChI is InChI=1S/C26H25ClN4O2/c1-17(2)33-26-29-24(20-11-9-18(3)10-12-20)31(30-26)22-15-13-21(14-16-22)28-25(32)23(27)19-7-5-4-6-8-19/h4-17,23H,1-3H3,(H,28,32)/t23-/m0/s1. The molecule has 4 rings (SSSR count). The second-order valence-corrected chi connectivity index (χ2v) is 8.41. The molecule has 0 unspecified atom stereocenters. The Morgan fingerprint density at radius 3 is 2.27 bits per heavy atom. The molecule has 0 bridgehead atoms. The van der Waals surface area contributed by atoms with E-state index in [2.05, 4.69) is 15.4 Å². The third-order valence-corrected chi connectivity index (χ3v) is 5.39. The lowest BCUT2D eigenvalue weighted by Crippen LogP contribution is -2.17. The molecule has 0 saturated carbocycles. The summed E-state index contributed by atoms with van der Waals surface area (Å²) < 4.78 is 7.47. The number of hydrogen-bond donors (Lipinski definition) is 1. The summed E-state index contributed by atoms with van der Waals surface area (Å²) in [6, 6.07) is 25.0. The van der Waals surface area contributed by atoms with Gasteiger partial charge < -0.3 is 10.1 Å². The van der Waals surface area contributed by atoms with Crippen molar-refractivity contribution in [3.63, 3.8) is 0 Å². The van der Waals surface area contributed by atoms with Crippen LogP contribution in [0.2, 0.25) is 0 Å². The van der Waals surface area contributed by atoms with Crippen molar-refractivity contribution in [2.24, 2.45) is 0 Å². The van der Waals surface area contributed by atoms with Gasteiger partial charge in [0.15, 0.2) is 5.82 Å². The Morgan fingerprint density at radius 2 is 1.64 bits per heavy atom. The zero-order valence-corrected chi connectivity index (χ0v) is 19.5. The number of aryl methyl sites for hydroxylation is 1. The molecule has 0 aliphatic rings. The van der Waals surface area contributed by atoms with Gasteiger partial charge in [0.25, 0.3) is 0 Å². The average molecular weight is 461 g/mol. The van der Waals surface area contributed by atoms with E-state index in [-0.39, 0.29) is 12.0 Å². The summed E-state index contributed by atoms with van der Waals surface area (Å²) in [7, 11) is 0. The molecule has 0 radical (unpaired) electrons. The lowest BCUT2D eigenvalue weighted by Gasteiger charge is -2.12. The van der Waals surface area contributed by atoms with Crippen LogP contribution in [0.25, 0.3) is 17.1 Å². The van der Waals surface area contributed by atoms with Gasteiger partial charge >= 0.3 is 6.01 Å². The van der Waals surface area contributed by atoms with Gasteiger partial charge in [-0.1, -0.05) is 60.2 Å². The number of hydrogen-bond acceptors (Lipinski definition) is 4. The van der Waals surface area contributed by atoms with E-state index in [0.717, 1.165) is 22.4 Å². The van der Waals surface area contributed by atoms with E-state index in [4.69, 9.17) is 16.3 Å². The number of amides is 1. The van der Waals surface area contributed by atoms with E-state index in [1.165, 1.54) is 0 Å². The summed E-state index contributed by atoms with van der Waals surface area (Å²) in [5.74, 6) is 0.386. The second-order valence-electron chi connectivity index (χ2n) is 7.97. The molecule has 0 aliphatic carbocycles. The minimum absolute atomic E-state index is 0.0441. The fourth-order valence-electron chi connectivity index (χ4n) is 3.29. The number of carbonyl (C=O) groups is 1. The molecule has 0 fully saturated rings. The first-order valence-electron chi connectivity index (χ1n) is 10.7. The van der Waals surface area contributed by atoms with E-state index in [1.54, 1.807) is 4.68 Å². The fourth-order valence-corrected chi connectivity index (χ4v) is 3.49. The maximum Gasteiger partial charge on any atom is 0.336 e. The van der Waals surface area contributed by atoms with Crippen LogP contribution in [-0.4, -0.2) is 26.8 Å². The van der Waals surface area contributed by atoms with Crippen LogP contribution in [0.4, 0.5) is 5.69 Å². The zero-order chi connectivity index (χ0) is 23.4. The van der Waals surface area contributed by atoms with E-state index < -0.39 is 5.38 Å². The molecular formula is C26H25ClN4O2. The molecule has 33 heavy (non-hydrogen) atoms. The van der Waals surface area contributed by atoms with E-state index in [0.29, 0.717) is 17.5 Å². The Kier molecular flexibility index (Phi) is 6.75. The molecule has 7 heteroatoms. The van der Waals surface area contributed by atoms with Crippen molar-refractivity contribution < 1.29 is 9.53 Å². The van der Waals surface area contributed by atoms with Gasteiger partial charge in [0, 0.05) is 11.3 Å². The topological polar surface area (TPSA) is 69.0 Å². The predicted octanol–water partition coefficient (Wildman–Crippen LogP) is 5.95. The number of benzene rings is 3. The van der Waals surface area contributed by atoms with Crippen molar-refractivity contribution in [2.45, 2.75) is 32.3 Å². The Morgan fingerprint density at radius 1 is 0.970 bits per heavy atom. The number of anilines is 1. The monoisotopic (exact) mass is 460 g/mol. The highest BCUT2D eigenvalue weighted by molar-refractivity contribution is 6.32. The molecule has 0 spiro atoms. The highest BCUT2D eigenvalue weighted by Gasteiger charge is 2.18. The number of nitrogens with zero attached hydrogens (tertiary/aromatic N) is 3. The number of nitrogens with one attached hydrogen (secondary N) is 1. The normalized spacial score (nSPS) is 11.9.